The Balaban J connectivity index is 1.91. The van der Waals surface area contributed by atoms with Gasteiger partial charge in [0.05, 0.1) is 0 Å². The first kappa shape index (κ1) is 12.7. The lowest BCUT2D eigenvalue weighted by atomic mass is 10.1. The Kier molecular flexibility index (Phi) is 4.04. The summed E-state index contributed by atoms with van der Waals surface area (Å²) in [4.78, 5) is 10.8. The molecule has 1 amide bonds. The first-order valence-electron chi connectivity index (χ1n) is 6.05. The topological polar surface area (TPSA) is 73.6 Å². The van der Waals surface area contributed by atoms with Crippen LogP contribution in [0.3, 0.4) is 0 Å². The van der Waals surface area contributed by atoms with Gasteiger partial charge in [0.1, 0.15) is 13.2 Å². The van der Waals surface area contributed by atoms with E-state index in [1.165, 1.54) is 0 Å². The molecule has 2 rings (SSSR count). The van der Waals surface area contributed by atoms with Gasteiger partial charge in [-0.15, -0.1) is 0 Å². The third-order valence-corrected chi connectivity index (χ3v) is 2.77. The van der Waals surface area contributed by atoms with Crippen LogP contribution in [0, 0.1) is 0 Å². The summed E-state index contributed by atoms with van der Waals surface area (Å²) in [6.07, 6.45) is 0.338. The molecule has 1 aromatic carbocycles. The number of nitrogens with one attached hydrogen (secondary N) is 1. The van der Waals surface area contributed by atoms with Gasteiger partial charge in [0.2, 0.25) is 5.91 Å². The Bertz CT molecular complexity index is 434. The van der Waals surface area contributed by atoms with Crippen LogP contribution < -0.4 is 20.5 Å². The second kappa shape index (κ2) is 5.73. The lowest BCUT2D eigenvalue weighted by molar-refractivity contribution is -0.118. The van der Waals surface area contributed by atoms with Crippen LogP contribution >= 0.6 is 0 Å². The summed E-state index contributed by atoms with van der Waals surface area (Å²) in [6, 6.07) is 5.91. The Morgan fingerprint density at radius 3 is 2.83 bits per heavy atom. The number of fused-ring (bicyclic) bond motifs is 1. The molecule has 0 radical (unpaired) electrons. The average Bonchev–Trinajstić information content (AvgIpc) is 2.35. The monoisotopic (exact) mass is 250 g/mol. The molecule has 0 saturated carbocycles. The molecule has 1 heterocycles. The Hall–Kier alpha value is -1.75. The molecule has 1 unspecified atom stereocenters. The summed E-state index contributed by atoms with van der Waals surface area (Å²) >= 11 is 0. The predicted molar refractivity (Wildman–Crippen MR) is 67.5 cm³/mol. The zero-order valence-electron chi connectivity index (χ0n) is 10.4. The molecule has 98 valence electrons. The van der Waals surface area contributed by atoms with E-state index in [1.807, 2.05) is 25.1 Å². The molecule has 0 aromatic heterocycles. The number of hydrogen-bond acceptors (Lipinski definition) is 4. The van der Waals surface area contributed by atoms with Crippen molar-refractivity contribution < 1.29 is 14.3 Å². The molecule has 1 aliphatic heterocycles. The van der Waals surface area contributed by atoms with Crippen LogP contribution in [0.2, 0.25) is 0 Å². The maximum absolute atomic E-state index is 10.8. The highest BCUT2D eigenvalue weighted by Gasteiger charge is 2.12. The van der Waals surface area contributed by atoms with Crippen molar-refractivity contribution in [3.05, 3.63) is 23.8 Å². The third-order valence-electron chi connectivity index (χ3n) is 2.77. The smallest absolute Gasteiger partial charge is 0.218 e. The van der Waals surface area contributed by atoms with Crippen molar-refractivity contribution in [2.75, 3.05) is 13.2 Å². The number of benzene rings is 1. The molecule has 1 aliphatic rings. The van der Waals surface area contributed by atoms with Crippen LogP contribution in [-0.4, -0.2) is 25.2 Å². The molecular weight excluding hydrogens is 232 g/mol. The van der Waals surface area contributed by atoms with Gasteiger partial charge in [-0.25, -0.2) is 0 Å². The van der Waals surface area contributed by atoms with E-state index in [4.69, 9.17) is 15.2 Å². The van der Waals surface area contributed by atoms with Crippen molar-refractivity contribution in [1.82, 2.24) is 5.32 Å². The van der Waals surface area contributed by atoms with E-state index < -0.39 is 0 Å². The minimum Gasteiger partial charge on any atom is -0.486 e. The number of carbonyl (C=O) groups excluding carboxylic acids is 1. The largest absolute Gasteiger partial charge is 0.486 e. The molecule has 0 fully saturated rings. The van der Waals surface area contributed by atoms with Gasteiger partial charge in [0.25, 0.3) is 0 Å². The lowest BCUT2D eigenvalue weighted by Gasteiger charge is -2.19. The summed E-state index contributed by atoms with van der Waals surface area (Å²) in [5.41, 5.74) is 6.23. The Labute approximate surface area is 106 Å². The highest BCUT2D eigenvalue weighted by Crippen LogP contribution is 2.30. The number of hydrogen-bond donors (Lipinski definition) is 2. The zero-order valence-corrected chi connectivity index (χ0v) is 10.4. The molecule has 18 heavy (non-hydrogen) atoms. The number of amides is 1. The average molecular weight is 250 g/mol. The van der Waals surface area contributed by atoms with E-state index in [0.29, 0.717) is 26.2 Å². The van der Waals surface area contributed by atoms with Crippen LogP contribution in [0.25, 0.3) is 0 Å². The molecule has 0 aliphatic carbocycles. The van der Waals surface area contributed by atoms with Crippen molar-refractivity contribution in [3.63, 3.8) is 0 Å². The fourth-order valence-electron chi connectivity index (χ4n) is 1.86. The van der Waals surface area contributed by atoms with Crippen LogP contribution in [0.5, 0.6) is 11.5 Å². The molecule has 0 bridgehead atoms. The number of primary amides is 1. The molecule has 1 aromatic rings. The minimum atomic E-state index is -0.294. The highest BCUT2D eigenvalue weighted by molar-refractivity contribution is 5.74. The van der Waals surface area contributed by atoms with Crippen molar-refractivity contribution in [1.29, 1.82) is 0 Å². The summed E-state index contributed by atoms with van der Waals surface area (Å²) in [5.74, 6) is 1.27. The van der Waals surface area contributed by atoms with Gasteiger partial charge in [-0.05, 0) is 24.6 Å². The third kappa shape index (κ3) is 3.37. The van der Waals surface area contributed by atoms with Crippen LogP contribution in [-0.2, 0) is 11.3 Å². The fourth-order valence-corrected chi connectivity index (χ4v) is 1.86. The number of nitrogens with two attached hydrogens (primary N) is 1. The second-order valence-electron chi connectivity index (χ2n) is 4.43. The van der Waals surface area contributed by atoms with E-state index in [9.17, 15) is 4.79 Å². The quantitative estimate of drug-likeness (QED) is 0.811. The van der Waals surface area contributed by atoms with Gasteiger partial charge in [-0.2, -0.15) is 0 Å². The van der Waals surface area contributed by atoms with Crippen LogP contribution in [0.4, 0.5) is 0 Å². The normalized spacial score (nSPS) is 15.2. The van der Waals surface area contributed by atoms with Crippen molar-refractivity contribution in [3.8, 4) is 11.5 Å². The van der Waals surface area contributed by atoms with Gasteiger partial charge < -0.3 is 20.5 Å². The van der Waals surface area contributed by atoms with E-state index in [-0.39, 0.29) is 11.9 Å². The van der Waals surface area contributed by atoms with Gasteiger partial charge in [-0.3, -0.25) is 4.79 Å². The first-order valence-corrected chi connectivity index (χ1v) is 6.05. The molecule has 5 heteroatoms. The summed E-state index contributed by atoms with van der Waals surface area (Å²) in [7, 11) is 0. The van der Waals surface area contributed by atoms with E-state index in [0.717, 1.165) is 17.1 Å². The number of carbonyl (C=O) groups is 1. The van der Waals surface area contributed by atoms with Crippen LogP contribution in [0.1, 0.15) is 18.9 Å². The van der Waals surface area contributed by atoms with Crippen LogP contribution in [0.15, 0.2) is 18.2 Å². The number of rotatable bonds is 5. The van der Waals surface area contributed by atoms with Gasteiger partial charge in [0, 0.05) is 19.0 Å². The molecule has 3 N–H and O–H groups in total. The summed E-state index contributed by atoms with van der Waals surface area (Å²) in [5, 5.41) is 3.24. The lowest BCUT2D eigenvalue weighted by Crippen LogP contribution is -2.30. The minimum absolute atomic E-state index is 0.0655. The highest BCUT2D eigenvalue weighted by atomic mass is 16.6. The van der Waals surface area contributed by atoms with Crippen molar-refractivity contribution in [2.24, 2.45) is 5.73 Å². The maximum Gasteiger partial charge on any atom is 0.218 e. The summed E-state index contributed by atoms with van der Waals surface area (Å²) < 4.78 is 11.0. The van der Waals surface area contributed by atoms with Gasteiger partial charge >= 0.3 is 0 Å². The molecule has 1 atom stereocenters. The zero-order chi connectivity index (χ0) is 13.0. The first-order chi connectivity index (χ1) is 8.65. The van der Waals surface area contributed by atoms with E-state index >= 15 is 0 Å². The van der Waals surface area contributed by atoms with E-state index in [1.54, 1.807) is 0 Å². The second-order valence-corrected chi connectivity index (χ2v) is 4.43. The van der Waals surface area contributed by atoms with E-state index in [2.05, 4.69) is 5.32 Å². The fraction of sp³-hybridized carbons (Fsp3) is 0.462. The van der Waals surface area contributed by atoms with Gasteiger partial charge in [-0.1, -0.05) is 6.07 Å². The predicted octanol–water partition coefficient (Wildman–Crippen LogP) is 0.811. The van der Waals surface area contributed by atoms with Crippen molar-refractivity contribution in [2.45, 2.75) is 25.9 Å². The molecule has 0 spiro atoms. The Morgan fingerprint density at radius 1 is 1.39 bits per heavy atom. The summed E-state index contributed by atoms with van der Waals surface area (Å²) in [6.45, 7) is 3.79. The SMILES string of the molecule is CC(CC(N)=O)NCc1ccc2c(c1)OCCO2. The van der Waals surface area contributed by atoms with Crippen molar-refractivity contribution >= 4 is 5.91 Å². The van der Waals surface area contributed by atoms with Gasteiger partial charge in [0.15, 0.2) is 11.5 Å². The molecular formula is C13H18N2O3. The Morgan fingerprint density at radius 2 is 2.11 bits per heavy atom. The molecule has 0 saturated heterocycles. The molecule has 5 nitrogen and oxygen atoms in total. The number of ether oxygens (including phenoxy) is 2. The maximum atomic E-state index is 10.8. The standard InChI is InChI=1S/C13H18N2O3/c1-9(6-13(14)16)15-8-10-2-3-11-12(7-10)18-5-4-17-11/h2-3,7,9,15H,4-6,8H2,1H3,(H2,14,16).